The number of aliphatic imine (C=N–C) groups is 1. The van der Waals surface area contributed by atoms with Gasteiger partial charge in [0.15, 0.2) is 5.96 Å². The quantitative estimate of drug-likeness (QED) is 0.00768. The van der Waals surface area contributed by atoms with Crippen molar-refractivity contribution in [1.82, 2.24) is 62.4 Å². The number of rotatable bonds is 34. The molecule has 17 N–H and O–H groups in total. The van der Waals surface area contributed by atoms with Gasteiger partial charge in [0.1, 0.15) is 48.3 Å². The fraction of sp³-hybridized carbons (Fsp3) is 0.442. The first-order valence-electron chi connectivity index (χ1n) is 26.3. The number of carboxylic acid groups (broad SMARTS) is 1. The maximum absolute atomic E-state index is 14.7. The molecular formula is C52H70N16O12S2. The zero-order chi connectivity index (χ0) is 59.9. The Kier molecular flexibility index (Phi) is 25.0. The Bertz CT molecular complexity index is 2910. The molecule has 11 amide bonds. The minimum Gasteiger partial charge on any atom is -0.481 e. The summed E-state index contributed by atoms with van der Waals surface area (Å²) < 4.78 is 0. The molecule has 0 aliphatic carbocycles. The van der Waals surface area contributed by atoms with Gasteiger partial charge in [-0.1, -0.05) is 68.3 Å². The number of carboxylic acids is 1. The molecule has 442 valence electrons. The second-order valence-electron chi connectivity index (χ2n) is 19.2. The number of thiol groups is 2. The van der Waals surface area contributed by atoms with E-state index in [1.807, 2.05) is 25.1 Å². The molecule has 1 saturated heterocycles. The van der Waals surface area contributed by atoms with Crippen LogP contribution in [0.2, 0.25) is 0 Å². The van der Waals surface area contributed by atoms with Gasteiger partial charge in [-0.2, -0.15) is 25.3 Å². The Hall–Kier alpha value is -8.67. The average Bonchev–Trinajstić information content (AvgIpc) is 4.21. The predicted molar refractivity (Wildman–Crippen MR) is 305 cm³/mol. The highest BCUT2D eigenvalue weighted by atomic mass is 32.1. The molecule has 1 aliphatic heterocycles. The van der Waals surface area contributed by atoms with Crippen LogP contribution in [-0.4, -0.2) is 169 Å². The van der Waals surface area contributed by atoms with Gasteiger partial charge in [-0.15, -0.1) is 0 Å². The van der Waals surface area contributed by atoms with E-state index in [1.165, 1.54) is 12.5 Å². The number of imidazole rings is 1. The topological polar surface area (TPSA) is 442 Å². The molecule has 82 heavy (non-hydrogen) atoms. The van der Waals surface area contributed by atoms with E-state index in [-0.39, 0.29) is 69.1 Å². The third kappa shape index (κ3) is 19.3. The van der Waals surface area contributed by atoms with Gasteiger partial charge >= 0.3 is 12.0 Å². The first kappa shape index (κ1) is 64.2. The van der Waals surface area contributed by atoms with E-state index >= 15 is 0 Å². The lowest BCUT2D eigenvalue weighted by atomic mass is 10.0. The van der Waals surface area contributed by atoms with E-state index in [0.29, 0.717) is 29.7 Å². The van der Waals surface area contributed by atoms with Crippen molar-refractivity contribution in [3.05, 3.63) is 90.1 Å². The summed E-state index contributed by atoms with van der Waals surface area (Å²) in [5.74, 6) is -10.0. The van der Waals surface area contributed by atoms with E-state index < -0.39 is 126 Å². The van der Waals surface area contributed by atoms with E-state index in [2.05, 4.69) is 87.7 Å². The van der Waals surface area contributed by atoms with Gasteiger partial charge in [-0.3, -0.25) is 57.8 Å². The molecule has 2 aromatic carbocycles. The molecule has 2 aromatic heterocycles. The molecule has 30 heteroatoms. The molecule has 1 aliphatic rings. The number of nitrogens with zero attached hydrogens (tertiary/aromatic N) is 3. The van der Waals surface area contributed by atoms with Crippen LogP contribution < -0.4 is 59.7 Å². The van der Waals surface area contributed by atoms with Crippen molar-refractivity contribution in [3.63, 3.8) is 0 Å². The highest BCUT2D eigenvalue weighted by Crippen LogP contribution is 2.20. The van der Waals surface area contributed by atoms with Gasteiger partial charge < -0.3 is 74.8 Å². The maximum Gasteiger partial charge on any atom is 0.325 e. The number of nitrogens with one attached hydrogen (secondary N) is 10. The first-order chi connectivity index (χ1) is 39.2. The number of unbranched alkanes of at least 4 members (excludes halogenated alkanes) is 1. The number of hydrogen-bond donors (Lipinski definition) is 16. The summed E-state index contributed by atoms with van der Waals surface area (Å²) in [5.41, 5.74) is 18.9. The molecule has 8 atom stereocenters. The minimum absolute atomic E-state index is 0.0149. The molecule has 0 radical (unpaired) electrons. The number of para-hydroxylation sites is 1. The highest BCUT2D eigenvalue weighted by molar-refractivity contribution is 7.80. The van der Waals surface area contributed by atoms with Gasteiger partial charge in [-0.05, 0) is 42.9 Å². The number of benzene rings is 2. The summed E-state index contributed by atoms with van der Waals surface area (Å²) in [6.07, 6.45) is 3.69. The lowest BCUT2D eigenvalue weighted by Crippen LogP contribution is -2.61. The van der Waals surface area contributed by atoms with Crippen molar-refractivity contribution in [3.8, 4) is 0 Å². The number of aromatic nitrogens is 3. The molecule has 4 aromatic rings. The van der Waals surface area contributed by atoms with Crippen molar-refractivity contribution in [2.75, 3.05) is 24.6 Å². The number of carbonyl (C=O) groups excluding carboxylic acids is 10. The molecule has 0 saturated carbocycles. The summed E-state index contributed by atoms with van der Waals surface area (Å²) >= 11 is 8.37. The van der Waals surface area contributed by atoms with Crippen molar-refractivity contribution in [2.45, 2.75) is 119 Å². The second-order valence-corrected chi connectivity index (χ2v) is 19.9. The number of amides is 11. The normalized spacial score (nSPS) is 15.0. The van der Waals surface area contributed by atoms with Crippen molar-refractivity contribution in [1.29, 1.82) is 0 Å². The van der Waals surface area contributed by atoms with Crippen LogP contribution in [-0.2, 0) is 67.2 Å². The van der Waals surface area contributed by atoms with Gasteiger partial charge in [0.2, 0.25) is 47.3 Å². The Labute approximate surface area is 482 Å². The summed E-state index contributed by atoms with van der Waals surface area (Å²) in [6, 6.07) is 3.39. The van der Waals surface area contributed by atoms with Crippen LogP contribution in [0.15, 0.2) is 78.3 Å². The lowest BCUT2D eigenvalue weighted by Gasteiger charge is -2.28. The standard InChI is InChI=1S/C52H70N16O12S2/c1-2-3-15-40(68-41(69)24-59-52(68)80)50(79)67-39(26-82)49(78)62-34(16-17-42(70)71)45(74)65-37(21-30-23-56-27-60-30)48(77)63-35(19-28-10-5-4-6-11-28)46(75)61-33(14-9-18-57-51(54)55)44(73)64-36(47(76)66-38(25-81)43(53)72)20-29-22-58-32-13-8-7-12-31(29)32/h4-8,10-13,22-23,27,33-40,58,81-82H,2-3,9,14-21,24-26H2,1H3,(H2,53,72)(H,56,60)(H,59,80)(H,61,75)(H,62,78)(H,63,77)(H,64,73)(H,65,74)(H,66,76)(H,67,79)(H,70,71)(H4,54,55,57)/t33-,34+,35-,36+,37-,38-,39-,40+/m1/s1. The number of aromatic amines is 2. The van der Waals surface area contributed by atoms with Crippen LogP contribution in [0.4, 0.5) is 4.79 Å². The Balaban J connectivity index is 1.42. The molecule has 0 bridgehead atoms. The molecule has 0 unspecified atom stereocenters. The number of guanidine groups is 1. The number of nitrogens with two attached hydrogens (primary N) is 3. The predicted octanol–water partition coefficient (Wildman–Crippen LogP) is -2.31. The van der Waals surface area contributed by atoms with Gasteiger partial charge in [0, 0.05) is 72.7 Å². The lowest BCUT2D eigenvalue weighted by molar-refractivity contribution is -0.139. The number of primary amides is 1. The van der Waals surface area contributed by atoms with Crippen LogP contribution in [0.5, 0.6) is 0 Å². The highest BCUT2D eigenvalue weighted by Gasteiger charge is 2.40. The monoisotopic (exact) mass is 1170 g/mol. The van der Waals surface area contributed by atoms with Gasteiger partial charge in [0.25, 0.3) is 5.91 Å². The van der Waals surface area contributed by atoms with Crippen LogP contribution in [0.25, 0.3) is 10.9 Å². The Morgan fingerprint density at radius 3 is 1.77 bits per heavy atom. The van der Waals surface area contributed by atoms with E-state index in [1.54, 1.807) is 42.6 Å². The summed E-state index contributed by atoms with van der Waals surface area (Å²) in [6.45, 7) is 1.52. The second kappa shape index (κ2) is 31.9. The van der Waals surface area contributed by atoms with Crippen LogP contribution in [0.3, 0.4) is 0 Å². The number of fused-ring (bicyclic) bond motifs is 1. The Morgan fingerprint density at radius 1 is 0.659 bits per heavy atom. The molecule has 5 rings (SSSR count). The minimum atomic E-state index is -1.66. The number of hydrogen-bond acceptors (Lipinski definition) is 15. The van der Waals surface area contributed by atoms with E-state index in [4.69, 9.17) is 17.2 Å². The number of urea groups is 1. The van der Waals surface area contributed by atoms with Gasteiger partial charge in [-0.25, -0.2) is 9.78 Å². The Morgan fingerprint density at radius 2 is 1.21 bits per heavy atom. The third-order valence-corrected chi connectivity index (χ3v) is 13.8. The summed E-state index contributed by atoms with van der Waals surface area (Å²) in [7, 11) is 0. The van der Waals surface area contributed by atoms with Crippen LogP contribution >= 0.6 is 25.3 Å². The van der Waals surface area contributed by atoms with Crippen LogP contribution in [0, 0.1) is 0 Å². The fourth-order valence-electron chi connectivity index (χ4n) is 8.75. The summed E-state index contributed by atoms with van der Waals surface area (Å²) in [4.78, 5) is 164. The largest absolute Gasteiger partial charge is 0.481 e. The molecule has 28 nitrogen and oxygen atoms in total. The van der Waals surface area contributed by atoms with Crippen molar-refractivity contribution >= 4 is 107 Å². The summed E-state index contributed by atoms with van der Waals surface area (Å²) in [5, 5.41) is 30.9. The van der Waals surface area contributed by atoms with Crippen molar-refractivity contribution in [2.24, 2.45) is 22.2 Å². The molecule has 0 spiro atoms. The number of carbonyl (C=O) groups is 11. The van der Waals surface area contributed by atoms with E-state index in [0.717, 1.165) is 15.8 Å². The maximum atomic E-state index is 14.7. The zero-order valence-corrected chi connectivity index (χ0v) is 46.6. The van der Waals surface area contributed by atoms with Crippen molar-refractivity contribution < 1.29 is 57.8 Å². The smallest absolute Gasteiger partial charge is 0.325 e. The zero-order valence-electron chi connectivity index (χ0n) is 44.9. The average molecular weight is 1180 g/mol. The fourth-order valence-corrected chi connectivity index (χ4v) is 9.28. The molecule has 3 heterocycles. The SMILES string of the molecule is CCCC[C@@H](C(=O)N[C@H](CS)C(=O)N[C@@H](CCC(=O)O)C(=O)N[C@H](Cc1cnc[nH]1)C(=O)N[C@H](Cc1ccccc1)C(=O)N[C@H](CCCN=C(N)N)C(=O)N[C@@H](Cc1c[nH]c2ccccc12)C(=O)N[C@H](CS)C(N)=O)N1C(=O)CNC1=O. The molecular weight excluding hydrogens is 1100 g/mol. The first-order valence-corrected chi connectivity index (χ1v) is 27.6. The van der Waals surface area contributed by atoms with Gasteiger partial charge in [0.05, 0.1) is 12.9 Å². The number of aliphatic carboxylic acids is 1. The third-order valence-electron chi connectivity index (χ3n) is 13.1. The van der Waals surface area contributed by atoms with E-state index in [9.17, 15) is 57.8 Å². The number of H-pyrrole nitrogens is 2. The number of imide groups is 1. The van der Waals surface area contributed by atoms with Crippen LogP contribution in [0.1, 0.15) is 68.7 Å². The molecule has 1 fully saturated rings.